The molecule has 3 nitrogen and oxygen atoms in total. The minimum atomic E-state index is -0.367. The van der Waals surface area contributed by atoms with Crippen molar-refractivity contribution >= 4 is 34.8 Å². The van der Waals surface area contributed by atoms with Gasteiger partial charge in [0.1, 0.15) is 5.82 Å². The monoisotopic (exact) mass is 388 g/mol. The Morgan fingerprint density at radius 2 is 1.65 bits per heavy atom. The van der Waals surface area contributed by atoms with Crippen molar-refractivity contribution < 1.29 is 9.18 Å². The van der Waals surface area contributed by atoms with Crippen LogP contribution in [-0.4, -0.2) is 10.9 Å². The molecule has 1 aromatic heterocycles. The van der Waals surface area contributed by atoms with Gasteiger partial charge in [-0.1, -0.05) is 35.3 Å². The highest BCUT2D eigenvalue weighted by molar-refractivity contribution is 6.36. The van der Waals surface area contributed by atoms with Gasteiger partial charge in [-0.05, 0) is 54.1 Å². The van der Waals surface area contributed by atoms with Crippen LogP contribution in [0, 0.1) is 5.82 Å². The first kappa shape index (κ1) is 18.4. The zero-order chi connectivity index (χ0) is 18.5. The van der Waals surface area contributed by atoms with Crippen molar-refractivity contribution in [3.63, 3.8) is 0 Å². The third-order valence-electron chi connectivity index (χ3n) is 3.88. The van der Waals surface area contributed by atoms with E-state index in [1.54, 1.807) is 47.5 Å². The number of pyridine rings is 1. The number of hydrogen-bond acceptors (Lipinski definition) is 2. The number of nitrogens with zero attached hydrogens (tertiary/aromatic N) is 2. The Morgan fingerprint density at radius 3 is 2.27 bits per heavy atom. The molecule has 0 spiro atoms. The molecule has 0 radical (unpaired) electrons. The summed E-state index contributed by atoms with van der Waals surface area (Å²) < 4.78 is 13.3. The maximum Gasteiger partial charge on any atom is 0.231 e. The van der Waals surface area contributed by atoms with Crippen LogP contribution < -0.4 is 4.90 Å². The van der Waals surface area contributed by atoms with Gasteiger partial charge in [0, 0.05) is 21.9 Å². The molecular weight excluding hydrogens is 374 g/mol. The molecule has 0 saturated heterocycles. The van der Waals surface area contributed by atoms with Gasteiger partial charge in [0.15, 0.2) is 0 Å². The van der Waals surface area contributed by atoms with Crippen molar-refractivity contribution in [2.45, 2.75) is 13.0 Å². The van der Waals surface area contributed by atoms with E-state index in [4.69, 9.17) is 23.2 Å². The van der Waals surface area contributed by atoms with Gasteiger partial charge in [-0.25, -0.2) is 4.39 Å². The lowest BCUT2D eigenvalue weighted by molar-refractivity contribution is -0.118. The third-order valence-corrected chi connectivity index (χ3v) is 4.58. The molecule has 0 bridgehead atoms. The lowest BCUT2D eigenvalue weighted by Gasteiger charge is -2.23. The number of amides is 1. The number of carbonyl (C=O) groups excluding carboxylic acids is 1. The van der Waals surface area contributed by atoms with Gasteiger partial charge in [0.2, 0.25) is 5.91 Å². The first-order chi connectivity index (χ1) is 12.5. The number of anilines is 1. The molecule has 3 aromatic rings. The van der Waals surface area contributed by atoms with Gasteiger partial charge in [0.25, 0.3) is 0 Å². The van der Waals surface area contributed by atoms with Crippen molar-refractivity contribution in [1.29, 1.82) is 0 Å². The van der Waals surface area contributed by atoms with Crippen LogP contribution in [0.25, 0.3) is 0 Å². The van der Waals surface area contributed by atoms with Crippen molar-refractivity contribution in [2.75, 3.05) is 4.90 Å². The lowest BCUT2D eigenvalue weighted by Crippen LogP contribution is -2.32. The van der Waals surface area contributed by atoms with Crippen LogP contribution in [0.15, 0.2) is 66.9 Å². The van der Waals surface area contributed by atoms with Crippen LogP contribution in [0.2, 0.25) is 10.0 Å². The molecule has 26 heavy (non-hydrogen) atoms. The van der Waals surface area contributed by atoms with Crippen molar-refractivity contribution in [1.82, 2.24) is 4.98 Å². The molecule has 1 amide bonds. The second-order valence-corrected chi connectivity index (χ2v) is 6.47. The maximum atomic E-state index is 13.3. The van der Waals surface area contributed by atoms with E-state index in [1.165, 1.54) is 12.1 Å². The molecule has 0 aliphatic heterocycles. The largest absolute Gasteiger partial charge is 0.306 e. The van der Waals surface area contributed by atoms with Crippen LogP contribution in [0.3, 0.4) is 0 Å². The Morgan fingerprint density at radius 1 is 0.962 bits per heavy atom. The highest BCUT2D eigenvalue weighted by atomic mass is 35.5. The Kier molecular flexibility index (Phi) is 5.86. The molecule has 132 valence electrons. The zero-order valence-electron chi connectivity index (χ0n) is 13.7. The number of halogens is 3. The molecule has 0 aliphatic carbocycles. The molecule has 0 saturated carbocycles. The van der Waals surface area contributed by atoms with E-state index in [2.05, 4.69) is 4.98 Å². The first-order valence-electron chi connectivity index (χ1n) is 7.93. The summed E-state index contributed by atoms with van der Waals surface area (Å²) in [5, 5.41) is 0.866. The first-order valence-corrected chi connectivity index (χ1v) is 8.69. The second-order valence-electron chi connectivity index (χ2n) is 5.65. The van der Waals surface area contributed by atoms with E-state index >= 15 is 0 Å². The van der Waals surface area contributed by atoms with Crippen molar-refractivity contribution in [3.8, 4) is 0 Å². The van der Waals surface area contributed by atoms with E-state index in [-0.39, 0.29) is 24.7 Å². The third kappa shape index (κ3) is 4.40. The summed E-state index contributed by atoms with van der Waals surface area (Å²) in [4.78, 5) is 18.8. The molecule has 1 heterocycles. The summed E-state index contributed by atoms with van der Waals surface area (Å²) >= 11 is 12.4. The second kappa shape index (κ2) is 8.30. The molecular formula is C20H15Cl2FN2O. The highest BCUT2D eigenvalue weighted by Crippen LogP contribution is 2.26. The van der Waals surface area contributed by atoms with Crippen LogP contribution in [0.1, 0.15) is 11.3 Å². The number of hydrogen-bond donors (Lipinski definition) is 0. The summed E-state index contributed by atoms with van der Waals surface area (Å²) in [6, 6.07) is 16.3. The topological polar surface area (TPSA) is 33.2 Å². The fourth-order valence-corrected chi connectivity index (χ4v) is 3.08. The van der Waals surface area contributed by atoms with Crippen LogP contribution in [0.5, 0.6) is 0 Å². The van der Waals surface area contributed by atoms with Crippen LogP contribution in [0.4, 0.5) is 10.1 Å². The van der Waals surface area contributed by atoms with Gasteiger partial charge in [-0.2, -0.15) is 0 Å². The summed E-state index contributed by atoms with van der Waals surface area (Å²) in [5.41, 5.74) is 1.86. The Bertz CT molecular complexity index is 881. The number of carbonyl (C=O) groups is 1. The van der Waals surface area contributed by atoms with Crippen LogP contribution >= 0.6 is 23.2 Å². The molecule has 3 rings (SSSR count). The summed E-state index contributed by atoms with van der Waals surface area (Å²) in [6.45, 7) is 0.257. The number of aromatic nitrogens is 1. The summed E-state index contributed by atoms with van der Waals surface area (Å²) in [5.74, 6) is -0.578. The molecule has 0 atom stereocenters. The van der Waals surface area contributed by atoms with Crippen molar-refractivity contribution in [2.24, 2.45) is 0 Å². The van der Waals surface area contributed by atoms with E-state index in [0.29, 0.717) is 21.3 Å². The van der Waals surface area contributed by atoms with Gasteiger partial charge in [-0.15, -0.1) is 0 Å². The van der Waals surface area contributed by atoms with E-state index in [1.807, 2.05) is 12.1 Å². The normalized spacial score (nSPS) is 10.6. The maximum absolute atomic E-state index is 13.3. The fourth-order valence-electron chi connectivity index (χ4n) is 2.55. The summed E-state index contributed by atoms with van der Waals surface area (Å²) in [7, 11) is 0. The molecule has 0 unspecified atom stereocenters. The number of benzene rings is 2. The predicted molar refractivity (Wildman–Crippen MR) is 102 cm³/mol. The standard InChI is InChI=1S/C20H15Cl2FN2O/c21-18-5-3-6-19(22)17(18)12-20(26)25(13-15-4-1-2-11-24-15)16-9-7-14(23)8-10-16/h1-11H,12-13H2. The van der Waals surface area contributed by atoms with Gasteiger partial charge in [0.05, 0.1) is 18.7 Å². The van der Waals surface area contributed by atoms with Crippen LogP contribution in [-0.2, 0) is 17.8 Å². The van der Waals surface area contributed by atoms with E-state index in [0.717, 1.165) is 5.69 Å². The van der Waals surface area contributed by atoms with Gasteiger partial charge in [-0.3, -0.25) is 9.78 Å². The van der Waals surface area contributed by atoms with E-state index < -0.39 is 0 Å². The minimum Gasteiger partial charge on any atom is -0.306 e. The highest BCUT2D eigenvalue weighted by Gasteiger charge is 2.20. The molecule has 0 N–H and O–H groups in total. The quantitative estimate of drug-likeness (QED) is 0.593. The zero-order valence-corrected chi connectivity index (χ0v) is 15.2. The lowest BCUT2D eigenvalue weighted by atomic mass is 10.1. The van der Waals surface area contributed by atoms with Gasteiger partial charge >= 0.3 is 0 Å². The fraction of sp³-hybridized carbons (Fsp3) is 0.100. The smallest absolute Gasteiger partial charge is 0.231 e. The average molecular weight is 389 g/mol. The average Bonchev–Trinajstić information content (AvgIpc) is 2.64. The predicted octanol–water partition coefficient (Wildman–Crippen LogP) is 5.30. The van der Waals surface area contributed by atoms with Gasteiger partial charge < -0.3 is 4.90 Å². The SMILES string of the molecule is O=C(Cc1c(Cl)cccc1Cl)N(Cc1ccccn1)c1ccc(F)cc1. The molecule has 6 heteroatoms. The number of rotatable bonds is 5. The minimum absolute atomic E-state index is 0.0305. The van der Waals surface area contributed by atoms with E-state index in [9.17, 15) is 9.18 Å². The molecule has 0 fully saturated rings. The summed E-state index contributed by atoms with van der Waals surface area (Å²) in [6.07, 6.45) is 1.69. The Balaban J connectivity index is 1.91. The molecule has 0 aliphatic rings. The Labute approximate surface area is 161 Å². The Hall–Kier alpha value is -2.43. The molecule has 2 aromatic carbocycles. The van der Waals surface area contributed by atoms with Crippen molar-refractivity contribution in [3.05, 3.63) is 94.0 Å².